The lowest BCUT2D eigenvalue weighted by Crippen LogP contribution is -2.16. The summed E-state index contributed by atoms with van der Waals surface area (Å²) in [6.45, 7) is 5.78. The maximum atomic E-state index is 14.7. The second kappa shape index (κ2) is 8.52. The molecule has 0 aliphatic heterocycles. The summed E-state index contributed by atoms with van der Waals surface area (Å²) in [4.78, 5) is 7.73. The van der Waals surface area contributed by atoms with Crippen LogP contribution in [0.4, 0.5) is 10.1 Å². The van der Waals surface area contributed by atoms with Gasteiger partial charge in [0.2, 0.25) is 0 Å². The number of hydrogen-bond acceptors (Lipinski definition) is 3. The number of amidine groups is 1. The zero-order valence-electron chi connectivity index (χ0n) is 15.8. The van der Waals surface area contributed by atoms with Gasteiger partial charge < -0.3 is 16.0 Å². The molecule has 1 heterocycles. The summed E-state index contributed by atoms with van der Waals surface area (Å²) in [5.41, 5.74) is 9.41. The van der Waals surface area contributed by atoms with Crippen LogP contribution >= 0.6 is 0 Å². The van der Waals surface area contributed by atoms with Crippen LogP contribution in [0.2, 0.25) is 0 Å². The normalized spacial score (nSPS) is 11.8. The minimum absolute atomic E-state index is 0.00453. The number of nitrogens with two attached hydrogens (primary N) is 1. The Bertz CT molecular complexity index is 975. The molecule has 0 bridgehead atoms. The van der Waals surface area contributed by atoms with Crippen LogP contribution in [-0.4, -0.2) is 15.8 Å². The summed E-state index contributed by atoms with van der Waals surface area (Å²) < 4.78 is 14.7. The highest BCUT2D eigenvalue weighted by molar-refractivity contribution is 5.95. The Balaban J connectivity index is 2.00. The smallest absolute Gasteiger partial charge is 0.133 e. The minimum Gasteiger partial charge on any atom is -0.384 e. The van der Waals surface area contributed by atoms with Crippen LogP contribution < -0.4 is 11.1 Å². The van der Waals surface area contributed by atoms with Crippen LogP contribution in [0.25, 0.3) is 0 Å². The molecule has 3 rings (SSSR count). The molecule has 144 valence electrons. The van der Waals surface area contributed by atoms with E-state index >= 15 is 0 Å². The summed E-state index contributed by atoms with van der Waals surface area (Å²) >= 11 is 0. The van der Waals surface area contributed by atoms with Gasteiger partial charge in [0.15, 0.2) is 0 Å². The van der Waals surface area contributed by atoms with E-state index < -0.39 is 6.04 Å². The molecule has 6 heteroatoms. The number of nitrogens with one attached hydrogen (secondary N) is 3. The van der Waals surface area contributed by atoms with Gasteiger partial charge in [0.1, 0.15) is 23.5 Å². The largest absolute Gasteiger partial charge is 0.384 e. The number of nitrogens with zero attached hydrogens (tertiary/aromatic N) is 1. The average Bonchev–Trinajstić information content (AvgIpc) is 3.16. The maximum Gasteiger partial charge on any atom is 0.133 e. The van der Waals surface area contributed by atoms with E-state index in [1.807, 2.05) is 25.1 Å². The van der Waals surface area contributed by atoms with Gasteiger partial charge in [-0.15, -0.1) is 6.58 Å². The number of aryl methyl sites for hydroxylation is 1. The van der Waals surface area contributed by atoms with Gasteiger partial charge in [-0.2, -0.15) is 0 Å². The first-order valence-electron chi connectivity index (χ1n) is 9.15. The number of imidazole rings is 1. The topological polar surface area (TPSA) is 90.6 Å². The van der Waals surface area contributed by atoms with E-state index in [4.69, 9.17) is 11.1 Å². The summed E-state index contributed by atoms with van der Waals surface area (Å²) in [7, 11) is 0. The zero-order valence-corrected chi connectivity index (χ0v) is 15.8. The van der Waals surface area contributed by atoms with Crippen molar-refractivity contribution >= 4 is 11.5 Å². The van der Waals surface area contributed by atoms with Crippen molar-refractivity contribution in [3.63, 3.8) is 0 Å². The van der Waals surface area contributed by atoms with Gasteiger partial charge >= 0.3 is 0 Å². The molecule has 0 aliphatic carbocycles. The Kier molecular flexibility index (Phi) is 5.89. The molecule has 1 aromatic heterocycles. The molecular formula is C22H24FN5. The van der Waals surface area contributed by atoms with Crippen molar-refractivity contribution in [3.8, 4) is 0 Å². The van der Waals surface area contributed by atoms with Crippen molar-refractivity contribution in [2.24, 2.45) is 5.73 Å². The Hall–Kier alpha value is -3.41. The minimum atomic E-state index is -0.492. The summed E-state index contributed by atoms with van der Waals surface area (Å²) in [5.74, 6) is 0.335. The molecule has 3 aromatic rings. The molecule has 1 unspecified atom stereocenters. The molecule has 5 nitrogen and oxygen atoms in total. The van der Waals surface area contributed by atoms with Crippen LogP contribution in [0.15, 0.2) is 61.3 Å². The van der Waals surface area contributed by atoms with E-state index in [0.717, 1.165) is 23.4 Å². The summed E-state index contributed by atoms with van der Waals surface area (Å²) in [5, 5.41) is 10.9. The number of benzene rings is 2. The van der Waals surface area contributed by atoms with Gasteiger partial charge in [-0.1, -0.05) is 25.1 Å². The Morgan fingerprint density at radius 2 is 2.07 bits per heavy atom. The molecule has 0 saturated heterocycles. The lowest BCUT2D eigenvalue weighted by molar-refractivity contribution is 0.600. The lowest BCUT2D eigenvalue weighted by Gasteiger charge is -2.20. The summed E-state index contributed by atoms with van der Waals surface area (Å²) in [6, 6.07) is 11.8. The van der Waals surface area contributed by atoms with E-state index in [2.05, 4.69) is 21.9 Å². The molecule has 0 aliphatic rings. The average molecular weight is 377 g/mol. The summed E-state index contributed by atoms with van der Waals surface area (Å²) in [6.07, 6.45) is 5.00. The van der Waals surface area contributed by atoms with Crippen LogP contribution in [0.1, 0.15) is 41.2 Å². The number of nitrogen functional groups attached to an aromatic ring is 1. The third-order valence-electron chi connectivity index (χ3n) is 4.57. The van der Waals surface area contributed by atoms with Gasteiger partial charge in [-0.25, -0.2) is 9.37 Å². The maximum absolute atomic E-state index is 14.7. The van der Waals surface area contributed by atoms with Crippen molar-refractivity contribution in [2.75, 3.05) is 5.32 Å². The monoisotopic (exact) mass is 377 g/mol. The number of aromatic nitrogens is 2. The number of aromatic amines is 1. The van der Waals surface area contributed by atoms with Gasteiger partial charge in [0.25, 0.3) is 0 Å². The number of anilines is 1. The van der Waals surface area contributed by atoms with Crippen LogP contribution in [0.5, 0.6) is 0 Å². The molecule has 2 aromatic carbocycles. The van der Waals surface area contributed by atoms with E-state index in [0.29, 0.717) is 23.4 Å². The van der Waals surface area contributed by atoms with E-state index in [1.165, 1.54) is 6.07 Å². The standard InChI is InChI=1S/C22H24FN5/c1-3-5-17-13-26-22(28-17)20(18-12-14(4-2)6-11-19(18)23)27-16-9-7-15(8-10-16)21(24)25/h3,6-13,20,27H,1,4-5H2,2H3,(H3,24,25)(H,26,28). The molecule has 28 heavy (non-hydrogen) atoms. The van der Waals surface area contributed by atoms with E-state index in [-0.39, 0.29) is 11.7 Å². The zero-order chi connectivity index (χ0) is 20.1. The second-order valence-electron chi connectivity index (χ2n) is 6.56. The molecule has 5 N–H and O–H groups in total. The number of rotatable bonds is 8. The molecule has 0 radical (unpaired) electrons. The van der Waals surface area contributed by atoms with Crippen LogP contribution in [0, 0.1) is 11.2 Å². The first-order chi connectivity index (χ1) is 13.5. The lowest BCUT2D eigenvalue weighted by atomic mass is 10.0. The second-order valence-corrected chi connectivity index (χ2v) is 6.56. The molecular weight excluding hydrogens is 353 g/mol. The fourth-order valence-corrected chi connectivity index (χ4v) is 3.02. The fraction of sp³-hybridized carbons (Fsp3) is 0.182. The molecule has 0 fully saturated rings. The Morgan fingerprint density at radius 1 is 1.32 bits per heavy atom. The first-order valence-corrected chi connectivity index (χ1v) is 9.15. The fourth-order valence-electron chi connectivity index (χ4n) is 3.02. The van der Waals surface area contributed by atoms with Crippen LogP contribution in [-0.2, 0) is 12.8 Å². The molecule has 0 amide bonds. The Morgan fingerprint density at radius 3 is 2.71 bits per heavy atom. The van der Waals surface area contributed by atoms with E-state index in [9.17, 15) is 4.39 Å². The number of H-pyrrole nitrogens is 1. The van der Waals surface area contributed by atoms with Gasteiger partial charge in [0.05, 0.1) is 0 Å². The van der Waals surface area contributed by atoms with Crippen molar-refractivity contribution in [1.82, 2.24) is 9.97 Å². The predicted molar refractivity (Wildman–Crippen MR) is 111 cm³/mol. The quantitative estimate of drug-likeness (QED) is 0.268. The van der Waals surface area contributed by atoms with Crippen LogP contribution in [0.3, 0.4) is 0 Å². The number of allylic oxidation sites excluding steroid dienone is 1. The molecule has 0 saturated carbocycles. The first kappa shape index (κ1) is 19.4. The molecule has 1 atom stereocenters. The highest BCUT2D eigenvalue weighted by Crippen LogP contribution is 2.28. The predicted octanol–water partition coefficient (Wildman–Crippen LogP) is 4.33. The molecule has 0 spiro atoms. The number of hydrogen-bond donors (Lipinski definition) is 4. The van der Waals surface area contributed by atoms with Gasteiger partial charge in [-0.05, 0) is 42.3 Å². The number of halogens is 1. The van der Waals surface area contributed by atoms with Gasteiger partial charge in [0, 0.05) is 35.1 Å². The third kappa shape index (κ3) is 4.28. The van der Waals surface area contributed by atoms with Crippen molar-refractivity contribution in [1.29, 1.82) is 5.41 Å². The van der Waals surface area contributed by atoms with E-state index in [1.54, 1.807) is 30.5 Å². The van der Waals surface area contributed by atoms with Crippen molar-refractivity contribution < 1.29 is 4.39 Å². The van der Waals surface area contributed by atoms with Crippen molar-refractivity contribution in [2.45, 2.75) is 25.8 Å². The SMILES string of the molecule is C=CCc1cnc(C(Nc2ccc(C(=N)N)cc2)c2cc(CC)ccc2F)[nH]1. The Labute approximate surface area is 164 Å². The highest BCUT2D eigenvalue weighted by Gasteiger charge is 2.21. The van der Waals surface area contributed by atoms with Crippen molar-refractivity contribution in [3.05, 3.63) is 95.3 Å². The third-order valence-corrected chi connectivity index (χ3v) is 4.57. The van der Waals surface area contributed by atoms with Gasteiger partial charge in [-0.3, -0.25) is 5.41 Å². The highest BCUT2D eigenvalue weighted by atomic mass is 19.1.